The van der Waals surface area contributed by atoms with Gasteiger partial charge in [-0.2, -0.15) is 0 Å². The number of hydrogen-bond acceptors (Lipinski definition) is 2. The SMILES string of the molecule is C=C=CN(Cc1ccccc1I)C(=O)O[C@H]1C[C@@H](C)CC[C@@H]1C(C)C. The maximum Gasteiger partial charge on any atom is 0.414 e. The van der Waals surface area contributed by atoms with Crippen molar-refractivity contribution in [2.75, 3.05) is 0 Å². The summed E-state index contributed by atoms with van der Waals surface area (Å²) in [7, 11) is 0. The van der Waals surface area contributed by atoms with E-state index in [4.69, 9.17) is 4.74 Å². The second-order valence-electron chi connectivity index (χ2n) is 7.30. The van der Waals surface area contributed by atoms with Crippen molar-refractivity contribution in [3.8, 4) is 0 Å². The Morgan fingerprint density at radius 3 is 2.80 bits per heavy atom. The molecular formula is C21H28INO2. The molecule has 0 unspecified atom stereocenters. The van der Waals surface area contributed by atoms with Crippen molar-refractivity contribution >= 4 is 28.7 Å². The van der Waals surface area contributed by atoms with E-state index in [0.717, 1.165) is 22.0 Å². The van der Waals surface area contributed by atoms with Gasteiger partial charge in [-0.25, -0.2) is 4.79 Å². The Morgan fingerprint density at radius 1 is 1.44 bits per heavy atom. The average Bonchev–Trinajstić information content (AvgIpc) is 2.56. The maximum atomic E-state index is 12.8. The van der Waals surface area contributed by atoms with E-state index in [1.165, 1.54) is 6.42 Å². The zero-order chi connectivity index (χ0) is 18.4. The molecule has 1 aromatic rings. The zero-order valence-electron chi connectivity index (χ0n) is 15.4. The molecule has 0 saturated heterocycles. The minimum Gasteiger partial charge on any atom is -0.446 e. The van der Waals surface area contributed by atoms with E-state index < -0.39 is 0 Å². The highest BCUT2D eigenvalue weighted by Gasteiger charge is 2.34. The minimum absolute atomic E-state index is 0.00758. The average molecular weight is 453 g/mol. The van der Waals surface area contributed by atoms with Crippen LogP contribution in [0.3, 0.4) is 0 Å². The van der Waals surface area contributed by atoms with Gasteiger partial charge in [0.1, 0.15) is 6.10 Å². The Kier molecular flexibility index (Phi) is 7.57. The Bertz CT molecular complexity index is 637. The zero-order valence-corrected chi connectivity index (χ0v) is 17.5. The summed E-state index contributed by atoms with van der Waals surface area (Å²) < 4.78 is 7.07. The van der Waals surface area contributed by atoms with Gasteiger partial charge in [-0.3, -0.25) is 4.90 Å². The molecule has 0 spiro atoms. The smallest absolute Gasteiger partial charge is 0.414 e. The van der Waals surface area contributed by atoms with E-state index in [0.29, 0.717) is 24.3 Å². The first-order chi connectivity index (χ1) is 11.9. The number of benzene rings is 1. The van der Waals surface area contributed by atoms with Crippen LogP contribution in [0, 0.1) is 21.3 Å². The van der Waals surface area contributed by atoms with Gasteiger partial charge < -0.3 is 4.74 Å². The molecule has 4 heteroatoms. The van der Waals surface area contributed by atoms with Crippen LogP contribution in [0.4, 0.5) is 4.79 Å². The lowest BCUT2D eigenvalue weighted by molar-refractivity contribution is -0.00594. The number of carbonyl (C=O) groups excluding carboxylic acids is 1. The third kappa shape index (κ3) is 5.61. The normalized spacial score (nSPS) is 23.0. The van der Waals surface area contributed by atoms with Crippen molar-refractivity contribution in [1.29, 1.82) is 0 Å². The largest absolute Gasteiger partial charge is 0.446 e. The van der Waals surface area contributed by atoms with Crippen molar-refractivity contribution in [1.82, 2.24) is 4.90 Å². The van der Waals surface area contributed by atoms with E-state index >= 15 is 0 Å². The molecule has 25 heavy (non-hydrogen) atoms. The van der Waals surface area contributed by atoms with E-state index in [1.807, 2.05) is 24.3 Å². The molecule has 0 radical (unpaired) electrons. The minimum atomic E-state index is -0.305. The molecule has 0 aliphatic heterocycles. The predicted molar refractivity (Wildman–Crippen MR) is 110 cm³/mol. The molecule has 1 aliphatic carbocycles. The van der Waals surface area contributed by atoms with Gasteiger partial charge in [0.2, 0.25) is 0 Å². The monoisotopic (exact) mass is 453 g/mol. The first-order valence-corrected chi connectivity index (χ1v) is 10.1. The Balaban J connectivity index is 2.11. The molecule has 1 aliphatic rings. The molecule has 136 valence electrons. The molecule has 2 rings (SSSR count). The first kappa shape index (κ1) is 20.1. The molecule has 3 atom stereocenters. The van der Waals surface area contributed by atoms with Crippen molar-refractivity contribution < 1.29 is 9.53 Å². The summed E-state index contributed by atoms with van der Waals surface area (Å²) in [5, 5.41) is 0. The van der Waals surface area contributed by atoms with Gasteiger partial charge in [0, 0.05) is 3.57 Å². The lowest BCUT2D eigenvalue weighted by Crippen LogP contribution is -2.39. The molecule has 3 nitrogen and oxygen atoms in total. The van der Waals surface area contributed by atoms with E-state index in [2.05, 4.69) is 55.7 Å². The lowest BCUT2D eigenvalue weighted by Gasteiger charge is -2.37. The van der Waals surface area contributed by atoms with Crippen molar-refractivity contribution in [2.45, 2.75) is 52.7 Å². The number of nitrogens with zero attached hydrogens (tertiary/aromatic N) is 1. The topological polar surface area (TPSA) is 29.5 Å². The van der Waals surface area contributed by atoms with Gasteiger partial charge >= 0.3 is 6.09 Å². The number of carbonyl (C=O) groups is 1. The summed E-state index contributed by atoms with van der Waals surface area (Å²) >= 11 is 2.29. The fourth-order valence-corrected chi connectivity index (χ4v) is 4.09. The molecule has 1 saturated carbocycles. The second-order valence-corrected chi connectivity index (χ2v) is 8.46. The van der Waals surface area contributed by atoms with Crippen molar-refractivity contribution in [3.63, 3.8) is 0 Å². The van der Waals surface area contributed by atoms with Crippen molar-refractivity contribution in [3.05, 3.63) is 51.9 Å². The fraction of sp³-hybridized carbons (Fsp3) is 0.524. The van der Waals surface area contributed by atoms with Crippen LogP contribution in [-0.4, -0.2) is 17.1 Å². The third-order valence-corrected chi connectivity index (χ3v) is 6.05. The molecule has 0 N–H and O–H groups in total. The van der Waals surface area contributed by atoms with Crippen LogP contribution in [0.25, 0.3) is 0 Å². The summed E-state index contributed by atoms with van der Waals surface area (Å²) in [6.07, 6.45) is 4.57. The standard InChI is InChI=1S/C21H28INO2/c1-5-12-23(14-17-8-6-7-9-19(17)22)21(24)25-20-13-16(4)10-11-18(20)15(2)3/h6-9,12,15-16,18,20H,1,10-11,13-14H2,2-4H3/t16-,18+,20-/m0/s1. The molecular weight excluding hydrogens is 425 g/mol. The van der Waals surface area contributed by atoms with Crippen LogP contribution in [0.15, 0.2) is 42.8 Å². The van der Waals surface area contributed by atoms with E-state index in [9.17, 15) is 4.79 Å². The van der Waals surface area contributed by atoms with Gasteiger partial charge in [-0.05, 0) is 64.8 Å². The molecule has 1 fully saturated rings. The first-order valence-electron chi connectivity index (χ1n) is 8.99. The van der Waals surface area contributed by atoms with Gasteiger partial charge in [-0.1, -0.05) is 52.0 Å². The number of ether oxygens (including phenoxy) is 1. The van der Waals surface area contributed by atoms with E-state index in [-0.39, 0.29) is 12.2 Å². The highest BCUT2D eigenvalue weighted by atomic mass is 127. The Labute approximate surface area is 165 Å². The second kappa shape index (κ2) is 9.44. The fourth-order valence-electron chi connectivity index (χ4n) is 3.53. The summed E-state index contributed by atoms with van der Waals surface area (Å²) in [6, 6.07) is 8.04. The van der Waals surface area contributed by atoms with Crippen LogP contribution in [0.5, 0.6) is 0 Å². The summed E-state index contributed by atoms with van der Waals surface area (Å²) in [6.45, 7) is 10.8. The van der Waals surface area contributed by atoms with E-state index in [1.54, 1.807) is 11.1 Å². The van der Waals surface area contributed by atoms with Gasteiger partial charge in [-0.15, -0.1) is 5.73 Å². The lowest BCUT2D eigenvalue weighted by atomic mass is 9.75. The highest BCUT2D eigenvalue weighted by Crippen LogP contribution is 2.35. The summed E-state index contributed by atoms with van der Waals surface area (Å²) in [5.41, 5.74) is 3.80. The molecule has 1 amide bonds. The number of hydrogen-bond donors (Lipinski definition) is 0. The van der Waals surface area contributed by atoms with Crippen LogP contribution in [-0.2, 0) is 11.3 Å². The number of amides is 1. The maximum absolute atomic E-state index is 12.8. The number of halogens is 1. The van der Waals surface area contributed by atoms with Gasteiger partial charge in [0.15, 0.2) is 0 Å². The molecule has 1 aromatic carbocycles. The van der Waals surface area contributed by atoms with Gasteiger partial charge in [0.25, 0.3) is 0 Å². The molecule has 0 bridgehead atoms. The van der Waals surface area contributed by atoms with Crippen LogP contribution >= 0.6 is 22.6 Å². The van der Waals surface area contributed by atoms with Crippen LogP contribution < -0.4 is 0 Å². The summed E-state index contributed by atoms with van der Waals surface area (Å²) in [4.78, 5) is 14.4. The third-order valence-electron chi connectivity index (χ3n) is 4.99. The van der Waals surface area contributed by atoms with Gasteiger partial charge in [0.05, 0.1) is 12.7 Å². The summed E-state index contributed by atoms with van der Waals surface area (Å²) in [5.74, 6) is 1.56. The quantitative estimate of drug-likeness (QED) is 0.405. The Morgan fingerprint density at radius 2 is 2.16 bits per heavy atom. The number of rotatable bonds is 5. The van der Waals surface area contributed by atoms with Crippen LogP contribution in [0.2, 0.25) is 0 Å². The predicted octanol–water partition coefficient (Wildman–Crippen LogP) is 5.99. The van der Waals surface area contributed by atoms with Crippen molar-refractivity contribution in [2.24, 2.45) is 17.8 Å². The molecule has 0 heterocycles. The molecule has 0 aromatic heterocycles. The van der Waals surface area contributed by atoms with Crippen LogP contribution in [0.1, 0.15) is 45.6 Å². The Hall–Kier alpha value is -1.26. The highest BCUT2D eigenvalue weighted by molar-refractivity contribution is 14.1.